The molecule has 1 aromatic rings. The smallest absolute Gasteiger partial charge is 0.209 e. The first kappa shape index (κ1) is 8.83. The van der Waals surface area contributed by atoms with E-state index in [-0.39, 0.29) is 0 Å². The molecule has 1 aliphatic heterocycles. The van der Waals surface area contributed by atoms with E-state index in [1.54, 1.807) is 11.8 Å². The van der Waals surface area contributed by atoms with Crippen molar-refractivity contribution in [3.05, 3.63) is 6.33 Å². The lowest BCUT2D eigenvalue weighted by molar-refractivity contribution is 0.189. The van der Waals surface area contributed by atoms with Gasteiger partial charge in [-0.1, -0.05) is 11.8 Å². The number of hydrogen-bond acceptors (Lipinski definition) is 5. The number of nitrogens with zero attached hydrogens (tertiary/aromatic N) is 3. The molecule has 0 aromatic carbocycles. The van der Waals surface area contributed by atoms with Gasteiger partial charge in [-0.25, -0.2) is 4.68 Å². The molecule has 0 saturated carbocycles. The van der Waals surface area contributed by atoms with E-state index >= 15 is 0 Å². The summed E-state index contributed by atoms with van der Waals surface area (Å²) in [5.41, 5.74) is 0. The van der Waals surface area contributed by atoms with E-state index in [0.717, 1.165) is 30.5 Å². The summed E-state index contributed by atoms with van der Waals surface area (Å²) in [5.74, 6) is 7.22. The van der Waals surface area contributed by atoms with Crippen molar-refractivity contribution >= 4 is 11.8 Å². The fourth-order valence-electron chi connectivity index (χ4n) is 1.24. The van der Waals surface area contributed by atoms with E-state index in [9.17, 15) is 0 Å². The van der Waals surface area contributed by atoms with Gasteiger partial charge in [0.2, 0.25) is 5.16 Å². The summed E-state index contributed by atoms with van der Waals surface area (Å²) < 4.78 is 6.71. The monoisotopic (exact) mass is 200 g/mol. The van der Waals surface area contributed by atoms with Crippen molar-refractivity contribution in [2.24, 2.45) is 5.92 Å². The van der Waals surface area contributed by atoms with Gasteiger partial charge in [-0.05, 0) is 12.3 Å². The molecule has 2 rings (SSSR count). The molecule has 13 heavy (non-hydrogen) atoms. The minimum atomic E-state index is 0.640. The van der Waals surface area contributed by atoms with Crippen molar-refractivity contribution in [3.8, 4) is 0 Å². The minimum absolute atomic E-state index is 0.640. The molecule has 5 nitrogen and oxygen atoms in total. The van der Waals surface area contributed by atoms with Gasteiger partial charge in [0.15, 0.2) is 0 Å². The molecule has 2 heterocycles. The third-order valence-electron chi connectivity index (χ3n) is 2.01. The van der Waals surface area contributed by atoms with Crippen LogP contribution in [0, 0.1) is 5.92 Å². The molecule has 1 atom stereocenters. The second-order valence-corrected chi connectivity index (χ2v) is 4.05. The van der Waals surface area contributed by atoms with Gasteiger partial charge in [0, 0.05) is 12.4 Å². The van der Waals surface area contributed by atoms with E-state index in [2.05, 4.69) is 10.2 Å². The summed E-state index contributed by atoms with van der Waals surface area (Å²) in [4.78, 5) is 0. The van der Waals surface area contributed by atoms with Crippen LogP contribution in [0.5, 0.6) is 0 Å². The highest BCUT2D eigenvalue weighted by Crippen LogP contribution is 2.22. The maximum atomic E-state index is 5.56. The number of aromatic nitrogens is 3. The van der Waals surface area contributed by atoms with Gasteiger partial charge in [-0.3, -0.25) is 0 Å². The Morgan fingerprint density at radius 2 is 2.69 bits per heavy atom. The van der Waals surface area contributed by atoms with Gasteiger partial charge in [-0.2, -0.15) is 0 Å². The molecule has 1 aliphatic rings. The summed E-state index contributed by atoms with van der Waals surface area (Å²) in [6, 6.07) is 0. The van der Waals surface area contributed by atoms with E-state index < -0.39 is 0 Å². The van der Waals surface area contributed by atoms with Crippen LogP contribution in [0.25, 0.3) is 0 Å². The van der Waals surface area contributed by atoms with Crippen LogP contribution < -0.4 is 5.84 Å². The van der Waals surface area contributed by atoms with Crippen molar-refractivity contribution in [3.63, 3.8) is 0 Å². The SMILES string of the molecule is Nn1cnnc1SCC1CCOC1. The predicted molar refractivity (Wildman–Crippen MR) is 49.8 cm³/mol. The average Bonchev–Trinajstić information content (AvgIpc) is 2.72. The van der Waals surface area contributed by atoms with Crippen molar-refractivity contribution in [1.29, 1.82) is 0 Å². The van der Waals surface area contributed by atoms with Gasteiger partial charge < -0.3 is 10.6 Å². The normalized spacial score (nSPS) is 22.3. The average molecular weight is 200 g/mol. The highest BCUT2D eigenvalue weighted by molar-refractivity contribution is 7.99. The third kappa shape index (κ3) is 2.13. The second kappa shape index (κ2) is 3.97. The third-order valence-corrected chi connectivity index (χ3v) is 3.20. The Morgan fingerprint density at radius 1 is 1.77 bits per heavy atom. The first-order valence-electron chi connectivity index (χ1n) is 4.22. The second-order valence-electron chi connectivity index (χ2n) is 3.06. The number of rotatable bonds is 3. The number of ether oxygens (including phenoxy) is 1. The van der Waals surface area contributed by atoms with Crippen LogP contribution in [-0.2, 0) is 4.74 Å². The minimum Gasteiger partial charge on any atom is -0.381 e. The molecule has 1 saturated heterocycles. The lowest BCUT2D eigenvalue weighted by Gasteiger charge is -2.04. The fourth-order valence-corrected chi connectivity index (χ4v) is 2.19. The Morgan fingerprint density at radius 3 is 3.31 bits per heavy atom. The molecular formula is C7H12N4OS. The first-order chi connectivity index (χ1) is 6.36. The molecule has 72 valence electrons. The van der Waals surface area contributed by atoms with Gasteiger partial charge in [0.25, 0.3) is 0 Å². The van der Waals surface area contributed by atoms with Gasteiger partial charge in [0.1, 0.15) is 6.33 Å². The summed E-state index contributed by atoms with van der Waals surface area (Å²) in [6.07, 6.45) is 2.65. The summed E-state index contributed by atoms with van der Waals surface area (Å²) in [6.45, 7) is 1.76. The van der Waals surface area contributed by atoms with Crippen molar-refractivity contribution in [2.75, 3.05) is 24.8 Å². The molecule has 2 N–H and O–H groups in total. The standard InChI is InChI=1S/C7H12N4OS/c8-11-5-9-10-7(11)13-4-6-1-2-12-3-6/h5-6H,1-4,8H2. The van der Waals surface area contributed by atoms with Crippen LogP contribution in [0.4, 0.5) is 0 Å². The molecule has 0 bridgehead atoms. The first-order valence-corrected chi connectivity index (χ1v) is 5.20. The zero-order chi connectivity index (χ0) is 9.10. The molecule has 0 aliphatic carbocycles. The highest BCUT2D eigenvalue weighted by atomic mass is 32.2. The summed E-state index contributed by atoms with van der Waals surface area (Å²) in [7, 11) is 0. The van der Waals surface area contributed by atoms with Crippen LogP contribution in [0.3, 0.4) is 0 Å². The van der Waals surface area contributed by atoms with Crippen LogP contribution >= 0.6 is 11.8 Å². The van der Waals surface area contributed by atoms with Gasteiger partial charge >= 0.3 is 0 Å². The zero-order valence-electron chi connectivity index (χ0n) is 7.22. The quantitative estimate of drug-likeness (QED) is 0.554. The molecule has 1 unspecified atom stereocenters. The van der Waals surface area contributed by atoms with Crippen LogP contribution in [0.15, 0.2) is 11.5 Å². The number of thioether (sulfide) groups is 1. The Kier molecular flexibility index (Phi) is 2.70. The largest absolute Gasteiger partial charge is 0.381 e. The Bertz CT molecular complexity index is 271. The van der Waals surface area contributed by atoms with Crippen LogP contribution in [0.2, 0.25) is 0 Å². The number of nitrogen functional groups attached to an aromatic ring is 1. The van der Waals surface area contributed by atoms with Crippen molar-refractivity contribution in [2.45, 2.75) is 11.6 Å². The van der Waals surface area contributed by atoms with Crippen LogP contribution in [-0.4, -0.2) is 33.8 Å². The van der Waals surface area contributed by atoms with E-state index in [4.69, 9.17) is 10.6 Å². The van der Waals surface area contributed by atoms with E-state index in [0.29, 0.717) is 5.92 Å². The van der Waals surface area contributed by atoms with Crippen LogP contribution in [0.1, 0.15) is 6.42 Å². The van der Waals surface area contributed by atoms with E-state index in [1.165, 1.54) is 11.0 Å². The molecule has 0 spiro atoms. The van der Waals surface area contributed by atoms with Crippen molar-refractivity contribution in [1.82, 2.24) is 14.9 Å². The molecule has 6 heteroatoms. The Hall–Kier alpha value is -0.750. The molecule has 1 aromatic heterocycles. The lowest BCUT2D eigenvalue weighted by atomic mass is 10.2. The van der Waals surface area contributed by atoms with Crippen molar-refractivity contribution < 1.29 is 4.74 Å². The lowest BCUT2D eigenvalue weighted by Crippen LogP contribution is -2.09. The Labute approximate surface area is 80.6 Å². The Balaban J connectivity index is 1.82. The maximum Gasteiger partial charge on any atom is 0.209 e. The number of hydrogen-bond donors (Lipinski definition) is 1. The van der Waals surface area contributed by atoms with Gasteiger partial charge in [-0.15, -0.1) is 10.2 Å². The topological polar surface area (TPSA) is 66.0 Å². The number of nitrogens with two attached hydrogens (primary N) is 1. The molecule has 1 fully saturated rings. The maximum absolute atomic E-state index is 5.56. The predicted octanol–water partition coefficient (Wildman–Crippen LogP) is 0.120. The van der Waals surface area contributed by atoms with E-state index in [1.807, 2.05) is 0 Å². The molecule has 0 radical (unpaired) electrons. The fraction of sp³-hybridized carbons (Fsp3) is 0.714. The summed E-state index contributed by atoms with van der Waals surface area (Å²) in [5, 5.41) is 8.36. The van der Waals surface area contributed by atoms with Gasteiger partial charge in [0.05, 0.1) is 6.61 Å². The molecule has 0 amide bonds. The molecular weight excluding hydrogens is 188 g/mol. The highest BCUT2D eigenvalue weighted by Gasteiger charge is 2.16. The zero-order valence-corrected chi connectivity index (χ0v) is 8.04. The summed E-state index contributed by atoms with van der Waals surface area (Å²) >= 11 is 1.64.